The molecule has 30 heavy (non-hydrogen) atoms. The second-order valence-electron chi connectivity index (χ2n) is 6.90. The SMILES string of the molecule is Cc1ccc(S(=O)(=O)N2CCOCC2)cc1C(=O)Nc1ccnn1Cc1cccs1. The van der Waals surface area contributed by atoms with Gasteiger partial charge in [-0.1, -0.05) is 12.1 Å². The van der Waals surface area contributed by atoms with Crippen molar-refractivity contribution in [3.63, 3.8) is 0 Å². The smallest absolute Gasteiger partial charge is 0.257 e. The molecule has 0 aliphatic carbocycles. The van der Waals surface area contributed by atoms with Crippen LogP contribution in [0.4, 0.5) is 5.82 Å². The third-order valence-corrected chi connectivity index (χ3v) is 7.66. The third kappa shape index (κ3) is 4.31. The first kappa shape index (κ1) is 20.7. The van der Waals surface area contributed by atoms with Crippen LogP contribution in [-0.2, 0) is 21.3 Å². The molecule has 2 aromatic heterocycles. The van der Waals surface area contributed by atoms with Crippen LogP contribution >= 0.6 is 11.3 Å². The van der Waals surface area contributed by atoms with Crippen LogP contribution < -0.4 is 5.32 Å². The minimum absolute atomic E-state index is 0.104. The zero-order chi connectivity index (χ0) is 21.1. The van der Waals surface area contributed by atoms with Gasteiger partial charge in [-0.05, 0) is 36.1 Å². The molecule has 4 rings (SSSR count). The minimum Gasteiger partial charge on any atom is -0.379 e. The van der Waals surface area contributed by atoms with E-state index in [1.165, 1.54) is 16.4 Å². The van der Waals surface area contributed by atoms with Crippen LogP contribution in [0.3, 0.4) is 0 Å². The maximum Gasteiger partial charge on any atom is 0.257 e. The molecule has 1 amide bonds. The Morgan fingerprint density at radius 2 is 2.03 bits per heavy atom. The van der Waals surface area contributed by atoms with Crippen LogP contribution in [0.5, 0.6) is 0 Å². The summed E-state index contributed by atoms with van der Waals surface area (Å²) in [4.78, 5) is 14.2. The van der Waals surface area contributed by atoms with Gasteiger partial charge in [0.05, 0.1) is 30.9 Å². The fourth-order valence-electron chi connectivity index (χ4n) is 3.24. The van der Waals surface area contributed by atoms with E-state index in [2.05, 4.69) is 10.4 Å². The van der Waals surface area contributed by atoms with E-state index in [1.54, 1.807) is 41.3 Å². The standard InChI is InChI=1S/C20H22N4O4S2/c1-15-4-5-17(30(26,27)23-8-10-28-11-9-23)13-18(15)20(25)22-19-6-7-21-24(19)14-16-3-2-12-29-16/h2-7,12-13H,8-11,14H2,1H3,(H,22,25). The molecule has 1 aromatic carbocycles. The molecule has 1 saturated heterocycles. The first-order chi connectivity index (χ1) is 14.4. The number of carbonyl (C=O) groups excluding carboxylic acids is 1. The van der Waals surface area contributed by atoms with Crippen molar-refractivity contribution in [1.29, 1.82) is 0 Å². The number of hydrogen-bond donors (Lipinski definition) is 1. The lowest BCUT2D eigenvalue weighted by Crippen LogP contribution is -2.40. The van der Waals surface area contributed by atoms with E-state index in [1.807, 2.05) is 17.5 Å². The lowest BCUT2D eigenvalue weighted by molar-refractivity contribution is 0.0730. The van der Waals surface area contributed by atoms with E-state index in [0.717, 1.165) is 4.88 Å². The normalized spacial score (nSPS) is 15.2. The summed E-state index contributed by atoms with van der Waals surface area (Å²) in [5.74, 6) is 0.175. The molecule has 1 aliphatic heterocycles. The molecule has 0 unspecified atom stereocenters. The fraction of sp³-hybridized carbons (Fsp3) is 0.300. The highest BCUT2D eigenvalue weighted by Crippen LogP contribution is 2.22. The van der Waals surface area contributed by atoms with Crippen molar-refractivity contribution in [3.8, 4) is 0 Å². The van der Waals surface area contributed by atoms with Crippen LogP contribution in [0.15, 0.2) is 52.9 Å². The Kier molecular flexibility index (Phi) is 6.00. The van der Waals surface area contributed by atoms with Crippen molar-refractivity contribution >= 4 is 33.1 Å². The average Bonchev–Trinajstić information content (AvgIpc) is 3.41. The van der Waals surface area contributed by atoms with E-state index >= 15 is 0 Å². The monoisotopic (exact) mass is 446 g/mol. The van der Waals surface area contributed by atoms with Gasteiger partial charge in [-0.25, -0.2) is 13.1 Å². The molecule has 0 bridgehead atoms. The van der Waals surface area contributed by atoms with E-state index in [-0.39, 0.29) is 10.8 Å². The van der Waals surface area contributed by atoms with Crippen molar-refractivity contribution in [2.24, 2.45) is 0 Å². The number of sulfonamides is 1. The van der Waals surface area contributed by atoms with Gasteiger partial charge < -0.3 is 10.1 Å². The summed E-state index contributed by atoms with van der Waals surface area (Å²) >= 11 is 1.61. The first-order valence-corrected chi connectivity index (χ1v) is 11.8. The predicted molar refractivity (Wildman–Crippen MR) is 114 cm³/mol. The van der Waals surface area contributed by atoms with Gasteiger partial charge in [-0.15, -0.1) is 11.3 Å². The number of aryl methyl sites for hydroxylation is 1. The number of hydrogen-bond acceptors (Lipinski definition) is 6. The lowest BCUT2D eigenvalue weighted by Gasteiger charge is -2.26. The van der Waals surface area contributed by atoms with Crippen LogP contribution in [0, 0.1) is 6.92 Å². The molecule has 10 heteroatoms. The van der Waals surface area contributed by atoms with Gasteiger partial charge in [0.25, 0.3) is 5.91 Å². The van der Waals surface area contributed by atoms with Gasteiger partial charge in [0.15, 0.2) is 0 Å². The Hall–Kier alpha value is -2.53. The zero-order valence-corrected chi connectivity index (χ0v) is 18.1. The van der Waals surface area contributed by atoms with E-state index in [0.29, 0.717) is 49.8 Å². The topological polar surface area (TPSA) is 93.5 Å². The quantitative estimate of drug-likeness (QED) is 0.628. The van der Waals surface area contributed by atoms with Crippen molar-refractivity contribution < 1.29 is 17.9 Å². The molecule has 3 heterocycles. The van der Waals surface area contributed by atoms with Crippen LogP contribution in [0.1, 0.15) is 20.8 Å². The highest BCUT2D eigenvalue weighted by molar-refractivity contribution is 7.89. The predicted octanol–water partition coefficient (Wildman–Crippen LogP) is 2.57. The van der Waals surface area contributed by atoms with Gasteiger partial charge in [0, 0.05) is 29.6 Å². The number of aromatic nitrogens is 2. The molecule has 8 nitrogen and oxygen atoms in total. The summed E-state index contributed by atoms with van der Waals surface area (Å²) in [7, 11) is -3.68. The lowest BCUT2D eigenvalue weighted by atomic mass is 10.1. The fourth-order valence-corrected chi connectivity index (χ4v) is 5.36. The van der Waals surface area contributed by atoms with Crippen molar-refractivity contribution in [2.75, 3.05) is 31.6 Å². The zero-order valence-electron chi connectivity index (χ0n) is 16.4. The first-order valence-electron chi connectivity index (χ1n) is 9.49. The maximum absolute atomic E-state index is 13.0. The summed E-state index contributed by atoms with van der Waals surface area (Å²) in [6.45, 7) is 3.67. The third-order valence-electron chi connectivity index (χ3n) is 4.91. The second kappa shape index (κ2) is 8.68. The molecule has 0 radical (unpaired) electrons. The Balaban J connectivity index is 1.56. The molecule has 0 atom stereocenters. The molecule has 158 valence electrons. The number of benzene rings is 1. The maximum atomic E-state index is 13.0. The second-order valence-corrected chi connectivity index (χ2v) is 9.87. The Labute approximate surface area is 179 Å². The summed E-state index contributed by atoms with van der Waals surface area (Å²) in [6, 6.07) is 10.3. The Morgan fingerprint density at radius 3 is 2.77 bits per heavy atom. The van der Waals surface area contributed by atoms with E-state index in [9.17, 15) is 13.2 Å². The number of nitrogens with one attached hydrogen (secondary N) is 1. The van der Waals surface area contributed by atoms with Gasteiger partial charge in [0.1, 0.15) is 5.82 Å². The van der Waals surface area contributed by atoms with E-state index in [4.69, 9.17) is 4.74 Å². The number of anilines is 1. The van der Waals surface area contributed by atoms with Crippen molar-refractivity contribution in [3.05, 3.63) is 64.0 Å². The minimum atomic E-state index is -3.68. The van der Waals surface area contributed by atoms with Gasteiger partial charge in [0.2, 0.25) is 10.0 Å². The number of nitrogens with zero attached hydrogens (tertiary/aromatic N) is 3. The number of thiophene rings is 1. The van der Waals surface area contributed by atoms with Crippen molar-refractivity contribution in [1.82, 2.24) is 14.1 Å². The molecule has 1 N–H and O–H groups in total. The molecular weight excluding hydrogens is 424 g/mol. The summed E-state index contributed by atoms with van der Waals surface area (Å²) in [5, 5.41) is 9.12. The Morgan fingerprint density at radius 1 is 1.23 bits per heavy atom. The van der Waals surface area contributed by atoms with E-state index < -0.39 is 10.0 Å². The molecular formula is C20H22N4O4S2. The number of rotatable bonds is 6. The number of ether oxygens (including phenoxy) is 1. The van der Waals surface area contributed by atoms with Crippen LogP contribution in [0.25, 0.3) is 0 Å². The molecule has 1 fully saturated rings. The highest BCUT2D eigenvalue weighted by atomic mass is 32.2. The molecule has 3 aromatic rings. The van der Waals surface area contributed by atoms with Gasteiger partial charge in [-0.2, -0.15) is 9.40 Å². The van der Waals surface area contributed by atoms with Gasteiger partial charge >= 0.3 is 0 Å². The van der Waals surface area contributed by atoms with Crippen LogP contribution in [0.2, 0.25) is 0 Å². The molecule has 1 aliphatic rings. The summed E-state index contributed by atoms with van der Waals surface area (Å²) in [5.41, 5.74) is 1.01. The number of morpholine rings is 1. The molecule has 0 spiro atoms. The highest BCUT2D eigenvalue weighted by Gasteiger charge is 2.27. The summed E-state index contributed by atoms with van der Waals surface area (Å²) < 4.78 is 34.2. The largest absolute Gasteiger partial charge is 0.379 e. The summed E-state index contributed by atoms with van der Waals surface area (Å²) in [6.07, 6.45) is 1.62. The van der Waals surface area contributed by atoms with Crippen LogP contribution in [-0.4, -0.2) is 54.7 Å². The number of carbonyl (C=O) groups is 1. The Bertz CT molecular complexity index is 1130. The van der Waals surface area contributed by atoms with Crippen molar-refractivity contribution in [2.45, 2.75) is 18.4 Å². The molecule has 0 saturated carbocycles. The van der Waals surface area contributed by atoms with Gasteiger partial charge in [-0.3, -0.25) is 4.79 Å². The average molecular weight is 447 g/mol. The number of amides is 1.